The van der Waals surface area contributed by atoms with Crippen LogP contribution in [0.15, 0.2) is 81.8 Å². The first-order chi connectivity index (χ1) is 15.6. The fraction of sp³-hybridized carbons (Fsp3) is 0.107. The molecule has 0 aliphatic carbocycles. The minimum Gasteiger partial charge on any atom is -0.433 e. The summed E-state index contributed by atoms with van der Waals surface area (Å²) < 4.78 is 16.1. The smallest absolute Gasteiger partial charge is 0.298 e. The van der Waals surface area contributed by atoms with Gasteiger partial charge in [0.2, 0.25) is 0 Å². The van der Waals surface area contributed by atoms with Crippen molar-refractivity contribution in [1.82, 2.24) is 4.57 Å². The number of aromatic nitrogens is 2. The Balaban J connectivity index is 1.62. The van der Waals surface area contributed by atoms with Crippen molar-refractivity contribution in [3.63, 3.8) is 0 Å². The zero-order valence-corrected chi connectivity index (χ0v) is 18.1. The van der Waals surface area contributed by atoms with E-state index in [2.05, 4.69) is 90.7 Å². The molecule has 0 fully saturated rings. The molecule has 0 amide bonds. The van der Waals surface area contributed by atoms with Gasteiger partial charge in [0.25, 0.3) is 11.6 Å². The van der Waals surface area contributed by atoms with Gasteiger partial charge in [-0.25, -0.2) is 4.57 Å². The lowest BCUT2D eigenvalue weighted by Gasteiger charge is -2.06. The monoisotopic (exact) mass is 417 g/mol. The number of imidazole rings is 1. The first-order valence-electron chi connectivity index (χ1n) is 10.8. The molecule has 0 atom stereocenters. The lowest BCUT2D eigenvalue weighted by Crippen LogP contribution is -2.30. The zero-order chi connectivity index (χ0) is 21.6. The summed E-state index contributed by atoms with van der Waals surface area (Å²) in [5.41, 5.74) is 5.74. The summed E-state index contributed by atoms with van der Waals surface area (Å²) in [5, 5.41) is 6.94. The van der Waals surface area contributed by atoms with Crippen molar-refractivity contribution in [3.05, 3.63) is 84.4 Å². The Labute approximate surface area is 183 Å². The molecule has 4 aromatic carbocycles. The molecular weight excluding hydrogens is 396 g/mol. The highest BCUT2D eigenvalue weighted by Gasteiger charge is 2.23. The summed E-state index contributed by atoms with van der Waals surface area (Å²) >= 11 is 0. The molecule has 0 bridgehead atoms. The number of furan rings is 2. The largest absolute Gasteiger partial charge is 0.433 e. The molecule has 0 saturated carbocycles. The van der Waals surface area contributed by atoms with Crippen LogP contribution in [0.25, 0.3) is 60.4 Å². The first-order valence-corrected chi connectivity index (χ1v) is 10.8. The minimum absolute atomic E-state index is 0.582. The molecule has 4 heteroatoms. The summed E-state index contributed by atoms with van der Waals surface area (Å²) in [6, 6.07) is 23.9. The van der Waals surface area contributed by atoms with Gasteiger partial charge in [-0.1, -0.05) is 30.3 Å². The van der Waals surface area contributed by atoms with Crippen LogP contribution < -0.4 is 4.57 Å². The molecule has 0 radical (unpaired) electrons. The quantitative estimate of drug-likeness (QED) is 0.216. The van der Waals surface area contributed by atoms with Crippen molar-refractivity contribution in [2.45, 2.75) is 13.8 Å². The maximum Gasteiger partial charge on any atom is 0.298 e. The molecule has 154 valence electrons. The predicted octanol–water partition coefficient (Wildman–Crippen LogP) is 6.87. The van der Waals surface area contributed by atoms with E-state index in [1.807, 2.05) is 6.07 Å². The van der Waals surface area contributed by atoms with Crippen molar-refractivity contribution in [3.8, 4) is 5.69 Å². The van der Waals surface area contributed by atoms with Crippen molar-refractivity contribution in [2.75, 3.05) is 0 Å². The Hall–Kier alpha value is -4.05. The van der Waals surface area contributed by atoms with Crippen LogP contribution in [0.4, 0.5) is 0 Å². The molecule has 0 unspecified atom stereocenters. The van der Waals surface area contributed by atoms with Gasteiger partial charge in [0.05, 0.1) is 18.7 Å². The second-order valence-corrected chi connectivity index (χ2v) is 8.65. The van der Waals surface area contributed by atoms with Gasteiger partial charge in [0.15, 0.2) is 11.0 Å². The Bertz CT molecular complexity index is 1860. The topological polar surface area (TPSA) is 35.1 Å². The average Bonchev–Trinajstić information content (AvgIpc) is 3.45. The van der Waals surface area contributed by atoms with E-state index in [9.17, 15) is 0 Å². The Morgan fingerprint density at radius 3 is 2.41 bits per heavy atom. The summed E-state index contributed by atoms with van der Waals surface area (Å²) in [4.78, 5) is 0. The number of benzene rings is 4. The summed E-state index contributed by atoms with van der Waals surface area (Å²) in [6.07, 6.45) is 1.68. The molecule has 0 saturated heterocycles. The summed E-state index contributed by atoms with van der Waals surface area (Å²) in [5.74, 6) is 1.78. The van der Waals surface area contributed by atoms with Gasteiger partial charge in [-0.05, 0) is 70.4 Å². The number of rotatable bonds is 1. The average molecular weight is 417 g/mol. The normalized spacial score (nSPS) is 12.2. The van der Waals surface area contributed by atoms with Gasteiger partial charge in [-0.2, -0.15) is 4.57 Å². The van der Waals surface area contributed by atoms with Crippen molar-refractivity contribution in [2.24, 2.45) is 7.05 Å². The second-order valence-electron chi connectivity index (χ2n) is 8.65. The fourth-order valence-electron chi connectivity index (χ4n) is 5.15. The van der Waals surface area contributed by atoms with E-state index in [1.165, 1.54) is 49.7 Å². The molecule has 7 rings (SSSR count). The van der Waals surface area contributed by atoms with Crippen LogP contribution in [0.3, 0.4) is 0 Å². The number of nitrogens with zero attached hydrogens (tertiary/aromatic N) is 2. The van der Waals surface area contributed by atoms with Gasteiger partial charge in [-0.3, -0.25) is 0 Å². The molecular formula is C28H21N2O2+. The number of aryl methyl sites for hydroxylation is 2. The van der Waals surface area contributed by atoms with Crippen molar-refractivity contribution in [1.29, 1.82) is 0 Å². The van der Waals surface area contributed by atoms with Gasteiger partial charge in [0, 0.05) is 12.3 Å². The molecule has 3 heterocycles. The van der Waals surface area contributed by atoms with Gasteiger partial charge >= 0.3 is 0 Å². The molecule has 3 aromatic heterocycles. The zero-order valence-electron chi connectivity index (χ0n) is 18.1. The van der Waals surface area contributed by atoms with Crippen molar-refractivity contribution < 1.29 is 13.4 Å². The second kappa shape index (κ2) is 6.01. The van der Waals surface area contributed by atoms with Crippen LogP contribution in [0.5, 0.6) is 0 Å². The molecule has 0 spiro atoms. The highest BCUT2D eigenvalue weighted by Crippen LogP contribution is 2.36. The minimum atomic E-state index is 0.582. The molecule has 0 N–H and O–H groups in total. The van der Waals surface area contributed by atoms with E-state index >= 15 is 0 Å². The van der Waals surface area contributed by atoms with E-state index < -0.39 is 0 Å². The van der Waals surface area contributed by atoms with Gasteiger partial charge in [0.1, 0.15) is 11.3 Å². The lowest BCUT2D eigenvalue weighted by molar-refractivity contribution is -0.652. The molecule has 0 aliphatic rings. The molecule has 32 heavy (non-hydrogen) atoms. The van der Waals surface area contributed by atoms with E-state index in [1.54, 1.807) is 6.26 Å². The maximum absolute atomic E-state index is 5.99. The third-order valence-electron chi connectivity index (χ3n) is 6.92. The number of hydrogen-bond donors (Lipinski definition) is 0. The fourth-order valence-corrected chi connectivity index (χ4v) is 5.15. The van der Waals surface area contributed by atoms with E-state index in [-0.39, 0.29) is 0 Å². The number of fused-ring (bicyclic) bond motifs is 7. The Kier molecular flexibility index (Phi) is 3.31. The van der Waals surface area contributed by atoms with Crippen LogP contribution in [-0.2, 0) is 7.05 Å². The van der Waals surface area contributed by atoms with Gasteiger partial charge < -0.3 is 8.83 Å². The standard InChI is InChI=1S/C28H21N2O2/c1-16-6-4-5-7-24(16)30-17(2)29(3)25-13-19-9-8-18-12-23-20-10-11-31-28(20)32-27(23)15-22(18)21(19)14-26(25)30/h4-15H,1-3H3/q+1. The highest BCUT2D eigenvalue weighted by atomic mass is 16.5. The molecule has 7 aromatic rings. The SMILES string of the molecule is Cc1ccccc1-n1c(C)[n+](C)c2cc3ccc4cc5c(cc4c3cc21)oc1occc15. The third-order valence-corrected chi connectivity index (χ3v) is 6.92. The van der Waals surface area contributed by atoms with E-state index in [4.69, 9.17) is 8.83 Å². The van der Waals surface area contributed by atoms with Crippen molar-refractivity contribution >= 4 is 54.7 Å². The van der Waals surface area contributed by atoms with Crippen LogP contribution in [0, 0.1) is 13.8 Å². The van der Waals surface area contributed by atoms with Crippen LogP contribution in [0.2, 0.25) is 0 Å². The lowest BCUT2D eigenvalue weighted by atomic mass is 9.99. The maximum atomic E-state index is 5.99. The van der Waals surface area contributed by atoms with E-state index in [0.717, 1.165) is 16.4 Å². The highest BCUT2D eigenvalue weighted by molar-refractivity contribution is 6.17. The Morgan fingerprint density at radius 2 is 1.56 bits per heavy atom. The molecule has 0 aliphatic heterocycles. The van der Waals surface area contributed by atoms with Crippen LogP contribution in [-0.4, -0.2) is 4.57 Å². The van der Waals surface area contributed by atoms with E-state index in [0.29, 0.717) is 5.78 Å². The summed E-state index contributed by atoms with van der Waals surface area (Å²) in [6.45, 7) is 4.34. The molecule has 4 nitrogen and oxygen atoms in total. The summed E-state index contributed by atoms with van der Waals surface area (Å²) in [7, 11) is 2.14. The number of hydrogen-bond acceptors (Lipinski definition) is 2. The number of para-hydroxylation sites is 1. The third kappa shape index (κ3) is 2.19. The Morgan fingerprint density at radius 1 is 0.781 bits per heavy atom. The van der Waals surface area contributed by atoms with Gasteiger partial charge in [-0.15, -0.1) is 0 Å². The predicted molar refractivity (Wildman–Crippen MR) is 128 cm³/mol. The first kappa shape index (κ1) is 17.6. The van der Waals surface area contributed by atoms with Crippen LogP contribution >= 0.6 is 0 Å². The van der Waals surface area contributed by atoms with Crippen LogP contribution in [0.1, 0.15) is 11.4 Å².